The fraction of sp³-hybridized carbons (Fsp3) is 0.463. The highest BCUT2D eigenvalue weighted by Gasteiger charge is 2.49. The molecular formula is C41H56Si. The Balaban J connectivity index is 2.35. The van der Waals surface area contributed by atoms with Gasteiger partial charge in [0, 0.05) is 0 Å². The first-order valence-corrected chi connectivity index (χ1v) is 18.4. The molecule has 0 fully saturated rings. The van der Waals surface area contributed by atoms with Crippen molar-refractivity contribution in [3.8, 4) is 0 Å². The average Bonchev–Trinajstić information content (AvgIpc) is 3.11. The van der Waals surface area contributed by atoms with Crippen LogP contribution in [0.5, 0.6) is 0 Å². The summed E-state index contributed by atoms with van der Waals surface area (Å²) in [5.74, 6) is 2.30. The lowest BCUT2D eigenvalue weighted by molar-refractivity contribution is 0.833. The second-order valence-corrected chi connectivity index (χ2v) is 18.4. The molecule has 1 heteroatoms. The van der Waals surface area contributed by atoms with E-state index in [9.17, 15) is 0 Å². The second-order valence-electron chi connectivity index (χ2n) is 14.6. The van der Waals surface area contributed by atoms with E-state index in [2.05, 4.69) is 152 Å². The van der Waals surface area contributed by atoms with Crippen LogP contribution in [0.15, 0.2) is 76.5 Å². The largest absolute Gasteiger partial charge is 0.176 e. The van der Waals surface area contributed by atoms with E-state index < -0.39 is 8.07 Å². The Morgan fingerprint density at radius 3 is 1.07 bits per heavy atom. The third-order valence-electron chi connectivity index (χ3n) is 10.2. The first-order chi connectivity index (χ1) is 19.6. The molecule has 224 valence electrons. The standard InChI is InChI=1S/C41H56Si/c1-24(2)34-18-35(25(3)4)21-39(20-34)42(38-16-28(9)15-29(10)17-38,41-32(13)30(11)31(12)33(41)14)40-22-36(26(5)6)19-37(23-40)27(7)8/h15-27,32H,1-14H3. The van der Waals surface area contributed by atoms with Gasteiger partial charge in [0.25, 0.3) is 0 Å². The van der Waals surface area contributed by atoms with Gasteiger partial charge in [-0.1, -0.05) is 144 Å². The lowest BCUT2D eigenvalue weighted by atomic mass is 9.95. The van der Waals surface area contributed by atoms with Gasteiger partial charge >= 0.3 is 0 Å². The van der Waals surface area contributed by atoms with E-state index in [1.807, 2.05) is 0 Å². The summed E-state index contributed by atoms with van der Waals surface area (Å²) in [6, 6.07) is 22.9. The summed E-state index contributed by atoms with van der Waals surface area (Å²) in [5, 5.41) is 6.34. The Kier molecular flexibility index (Phi) is 9.34. The highest BCUT2D eigenvalue weighted by atomic mass is 28.3. The molecule has 4 rings (SSSR count). The van der Waals surface area contributed by atoms with E-state index in [0.717, 1.165) is 0 Å². The molecule has 0 saturated carbocycles. The molecular weight excluding hydrogens is 521 g/mol. The molecule has 1 unspecified atom stereocenters. The lowest BCUT2D eigenvalue weighted by Crippen LogP contribution is -2.70. The zero-order valence-electron chi connectivity index (χ0n) is 29.1. The molecule has 1 aliphatic rings. The van der Waals surface area contributed by atoms with E-state index in [4.69, 9.17) is 0 Å². The molecule has 1 aliphatic carbocycles. The van der Waals surface area contributed by atoms with Crippen molar-refractivity contribution in [2.75, 3.05) is 0 Å². The first-order valence-electron chi connectivity index (χ1n) is 16.4. The Morgan fingerprint density at radius 2 is 0.786 bits per heavy atom. The first kappa shape index (κ1) is 32.3. The molecule has 0 spiro atoms. The zero-order chi connectivity index (χ0) is 31.3. The highest BCUT2D eigenvalue weighted by Crippen LogP contribution is 2.42. The predicted octanol–water partition coefficient (Wildman–Crippen LogP) is 10.1. The van der Waals surface area contributed by atoms with Crippen molar-refractivity contribution in [3.63, 3.8) is 0 Å². The summed E-state index contributed by atoms with van der Waals surface area (Å²) in [4.78, 5) is 0. The van der Waals surface area contributed by atoms with Crippen molar-refractivity contribution >= 4 is 23.6 Å². The molecule has 0 heterocycles. The SMILES string of the molecule is CC1=C(C)C(C)C([Si](c2cc(C)cc(C)c2)(c2cc(C(C)C)cc(C(C)C)c2)c2cc(C(C)C)cc(C(C)C)c2)=C1C. The van der Waals surface area contributed by atoms with E-state index in [-0.39, 0.29) is 0 Å². The molecule has 42 heavy (non-hydrogen) atoms. The number of hydrogen-bond donors (Lipinski definition) is 0. The molecule has 0 saturated heterocycles. The summed E-state index contributed by atoms with van der Waals surface area (Å²) < 4.78 is 0. The molecule has 0 amide bonds. The molecule has 0 N–H and O–H groups in total. The Morgan fingerprint density at radius 1 is 0.452 bits per heavy atom. The normalized spacial score (nSPS) is 16.3. The number of rotatable bonds is 8. The Labute approximate surface area is 259 Å². The minimum Gasteiger partial charge on any atom is -0.0636 e. The maximum absolute atomic E-state index is 2.73. The molecule has 0 aliphatic heterocycles. The topological polar surface area (TPSA) is 0 Å². The summed E-state index contributed by atoms with van der Waals surface area (Å²) in [6.45, 7) is 33.1. The molecule has 0 radical (unpaired) electrons. The molecule has 0 bridgehead atoms. The van der Waals surface area contributed by atoms with Crippen LogP contribution in [0.3, 0.4) is 0 Å². The Hall–Kier alpha value is -2.64. The van der Waals surface area contributed by atoms with Gasteiger partial charge in [0.05, 0.1) is 0 Å². The molecule has 0 aromatic heterocycles. The van der Waals surface area contributed by atoms with Gasteiger partial charge in [-0.15, -0.1) is 0 Å². The third-order valence-corrected chi connectivity index (χ3v) is 15.3. The molecule has 3 aromatic rings. The van der Waals surface area contributed by atoms with Crippen molar-refractivity contribution in [2.45, 2.75) is 121 Å². The van der Waals surface area contributed by atoms with Crippen molar-refractivity contribution in [2.24, 2.45) is 5.92 Å². The van der Waals surface area contributed by atoms with E-state index in [1.54, 1.807) is 15.6 Å². The van der Waals surface area contributed by atoms with Gasteiger partial charge in [0.2, 0.25) is 0 Å². The van der Waals surface area contributed by atoms with Gasteiger partial charge in [-0.3, -0.25) is 0 Å². The maximum Gasteiger partial charge on any atom is 0.176 e. The van der Waals surface area contributed by atoms with Crippen LogP contribution in [0.4, 0.5) is 0 Å². The fourth-order valence-corrected chi connectivity index (χ4v) is 13.2. The smallest absolute Gasteiger partial charge is 0.0636 e. The van der Waals surface area contributed by atoms with Crippen molar-refractivity contribution in [3.05, 3.63) is 110 Å². The predicted molar refractivity (Wildman–Crippen MR) is 190 cm³/mol. The quantitative estimate of drug-likeness (QED) is 0.185. The van der Waals surface area contributed by atoms with E-state index in [1.165, 1.54) is 55.3 Å². The fourth-order valence-electron chi connectivity index (χ4n) is 7.25. The van der Waals surface area contributed by atoms with Crippen LogP contribution < -0.4 is 15.6 Å². The lowest BCUT2D eigenvalue weighted by Gasteiger charge is -2.40. The minimum absolute atomic E-state index is 0.410. The summed E-state index contributed by atoms with van der Waals surface area (Å²) >= 11 is 0. The summed E-state index contributed by atoms with van der Waals surface area (Å²) in [7, 11) is -2.73. The van der Waals surface area contributed by atoms with E-state index in [0.29, 0.717) is 29.6 Å². The van der Waals surface area contributed by atoms with Crippen LogP contribution in [0.25, 0.3) is 0 Å². The number of aryl methyl sites for hydroxylation is 2. The summed E-state index contributed by atoms with van der Waals surface area (Å²) in [5.41, 5.74) is 13.1. The molecule has 0 nitrogen and oxygen atoms in total. The molecule has 1 atom stereocenters. The van der Waals surface area contributed by atoms with Gasteiger partial charge < -0.3 is 0 Å². The third kappa shape index (κ3) is 5.67. The monoisotopic (exact) mass is 576 g/mol. The number of hydrogen-bond acceptors (Lipinski definition) is 0. The minimum atomic E-state index is -2.73. The van der Waals surface area contributed by atoms with Crippen LogP contribution in [-0.2, 0) is 0 Å². The summed E-state index contributed by atoms with van der Waals surface area (Å²) in [6.07, 6.45) is 0. The molecule has 3 aromatic carbocycles. The van der Waals surface area contributed by atoms with Crippen LogP contribution in [0, 0.1) is 19.8 Å². The number of allylic oxidation sites excluding steroid dienone is 4. The second kappa shape index (κ2) is 12.2. The van der Waals surface area contributed by atoms with Crippen molar-refractivity contribution in [1.29, 1.82) is 0 Å². The van der Waals surface area contributed by atoms with Gasteiger partial charge in [0.15, 0.2) is 8.07 Å². The zero-order valence-corrected chi connectivity index (χ0v) is 30.1. The van der Waals surface area contributed by atoms with Gasteiger partial charge in [0.1, 0.15) is 0 Å². The van der Waals surface area contributed by atoms with Gasteiger partial charge in [-0.05, 0) is 108 Å². The van der Waals surface area contributed by atoms with Crippen LogP contribution in [0.2, 0.25) is 0 Å². The van der Waals surface area contributed by atoms with Crippen molar-refractivity contribution in [1.82, 2.24) is 0 Å². The van der Waals surface area contributed by atoms with Gasteiger partial charge in [-0.25, -0.2) is 0 Å². The van der Waals surface area contributed by atoms with Gasteiger partial charge in [-0.2, -0.15) is 0 Å². The van der Waals surface area contributed by atoms with Crippen LogP contribution in [-0.4, -0.2) is 8.07 Å². The van der Waals surface area contributed by atoms with Crippen LogP contribution in [0.1, 0.15) is 140 Å². The number of benzene rings is 3. The van der Waals surface area contributed by atoms with Crippen molar-refractivity contribution < 1.29 is 0 Å². The maximum atomic E-state index is 2.62. The Bertz CT molecular complexity index is 1400. The average molecular weight is 577 g/mol. The van der Waals surface area contributed by atoms with Crippen LogP contribution >= 0.6 is 0 Å². The van der Waals surface area contributed by atoms with E-state index >= 15 is 0 Å². The highest BCUT2D eigenvalue weighted by molar-refractivity contribution is 7.16.